The highest BCUT2D eigenvalue weighted by molar-refractivity contribution is 5.78. The molecule has 2 fully saturated rings. The number of nitrogens with zero attached hydrogens (tertiary/aromatic N) is 2. The van der Waals surface area contributed by atoms with Crippen molar-refractivity contribution in [1.82, 2.24) is 9.80 Å². The normalized spacial score (nSPS) is 22.8. The monoisotopic (exact) mass is 296 g/mol. The van der Waals surface area contributed by atoms with Crippen LogP contribution in [0, 0.1) is 5.92 Å². The van der Waals surface area contributed by atoms with E-state index in [-0.39, 0.29) is 17.8 Å². The predicted octanol–water partition coefficient (Wildman–Crippen LogP) is 0.728. The lowest BCUT2D eigenvalue weighted by molar-refractivity contribution is -0.140. The first kappa shape index (κ1) is 15.4. The Hall–Kier alpha value is -2.01. The molecular weight excluding hydrogens is 276 g/mol. The van der Waals surface area contributed by atoms with Crippen LogP contribution in [0.3, 0.4) is 0 Å². The fraction of sp³-hybridized carbons (Fsp3) is 0.714. The van der Waals surface area contributed by atoms with Crippen LogP contribution in [-0.4, -0.2) is 64.2 Å². The molecule has 2 saturated heterocycles. The lowest BCUT2D eigenvalue weighted by atomic mass is 10.1. The van der Waals surface area contributed by atoms with Crippen LogP contribution in [0.1, 0.15) is 27.2 Å². The van der Waals surface area contributed by atoms with Crippen molar-refractivity contribution in [3.8, 4) is 0 Å². The summed E-state index contributed by atoms with van der Waals surface area (Å²) in [6.07, 6.45) is 0.0208. The molecule has 7 nitrogen and oxygen atoms in total. The number of amides is 1. The maximum Gasteiger partial charge on any atom is 0.410 e. The van der Waals surface area contributed by atoms with Gasteiger partial charge in [-0.2, -0.15) is 0 Å². The molecule has 0 aromatic rings. The smallest absolute Gasteiger partial charge is 0.410 e. The molecule has 0 aromatic heterocycles. The highest BCUT2D eigenvalue weighted by Gasteiger charge is 2.44. The average molecular weight is 296 g/mol. The van der Waals surface area contributed by atoms with Crippen LogP contribution < -0.4 is 0 Å². The third kappa shape index (κ3) is 3.19. The van der Waals surface area contributed by atoms with Gasteiger partial charge in [-0.25, -0.2) is 9.59 Å². The first-order chi connectivity index (χ1) is 9.73. The van der Waals surface area contributed by atoms with Gasteiger partial charge >= 0.3 is 12.1 Å². The van der Waals surface area contributed by atoms with Crippen molar-refractivity contribution in [3.63, 3.8) is 0 Å². The van der Waals surface area contributed by atoms with Crippen molar-refractivity contribution in [3.05, 3.63) is 5.70 Å². The average Bonchev–Trinajstić information content (AvgIpc) is 2.68. The van der Waals surface area contributed by atoms with E-state index in [1.165, 1.54) is 0 Å². The molecule has 0 bridgehead atoms. The number of ether oxygens (including phenoxy) is 1. The van der Waals surface area contributed by atoms with Crippen LogP contribution in [0.5, 0.6) is 0 Å². The quantitative estimate of drug-likeness (QED) is 0.756. The second-order valence-corrected chi connectivity index (χ2v) is 6.40. The van der Waals surface area contributed by atoms with Crippen LogP contribution in [0.15, 0.2) is 5.70 Å². The van der Waals surface area contributed by atoms with E-state index >= 15 is 0 Å². The molecule has 0 spiro atoms. The molecular formula is C14H20N2O5. The molecule has 2 aliphatic heterocycles. The van der Waals surface area contributed by atoms with E-state index in [0.29, 0.717) is 26.1 Å². The first-order valence-electron chi connectivity index (χ1n) is 6.95. The Kier molecular flexibility index (Phi) is 3.96. The van der Waals surface area contributed by atoms with Crippen molar-refractivity contribution >= 4 is 18.0 Å². The maximum atomic E-state index is 11.8. The third-order valence-corrected chi connectivity index (χ3v) is 3.66. The van der Waals surface area contributed by atoms with E-state index in [9.17, 15) is 14.4 Å². The molecule has 0 saturated carbocycles. The number of carboxylic acid groups (broad SMARTS) is 1. The van der Waals surface area contributed by atoms with Gasteiger partial charge in [-0.15, -0.1) is 0 Å². The van der Waals surface area contributed by atoms with Gasteiger partial charge < -0.3 is 19.6 Å². The molecule has 2 aliphatic rings. The van der Waals surface area contributed by atoms with Gasteiger partial charge in [0.25, 0.3) is 0 Å². The minimum absolute atomic E-state index is 0.0293. The van der Waals surface area contributed by atoms with E-state index in [4.69, 9.17) is 9.84 Å². The summed E-state index contributed by atoms with van der Waals surface area (Å²) in [6, 6.07) is -0.0293. The molecule has 7 heteroatoms. The standard InChI is InChI=1S/C14H20N2O5/c1-14(2,3)21-13(20)15-6-9(7-15)16-5-4-10(12(18)19)11(16)8-17/h9-10H,4-7H2,1-3H3,(H,18,19). The van der Waals surface area contributed by atoms with Gasteiger partial charge in [0.1, 0.15) is 23.2 Å². The second kappa shape index (κ2) is 5.41. The highest BCUT2D eigenvalue weighted by atomic mass is 16.6. The van der Waals surface area contributed by atoms with E-state index in [1.807, 2.05) is 0 Å². The Balaban J connectivity index is 1.92. The summed E-state index contributed by atoms with van der Waals surface area (Å²) in [5.74, 6) is -0.0264. The van der Waals surface area contributed by atoms with Gasteiger partial charge in [-0.05, 0) is 27.2 Å². The SMILES string of the molecule is CC(C)(C)OC(=O)N1CC(N2CCC(C(=O)O)C2=C=O)C1. The zero-order valence-corrected chi connectivity index (χ0v) is 12.5. The zero-order chi connectivity index (χ0) is 15.8. The Morgan fingerprint density at radius 2 is 1.95 bits per heavy atom. The first-order valence-corrected chi connectivity index (χ1v) is 6.95. The molecule has 21 heavy (non-hydrogen) atoms. The number of aliphatic carboxylic acids is 1. The number of hydrogen-bond acceptors (Lipinski definition) is 5. The van der Waals surface area contributed by atoms with Gasteiger partial charge in [0.15, 0.2) is 0 Å². The van der Waals surface area contributed by atoms with Crippen LogP contribution in [0.4, 0.5) is 4.79 Å². The number of carboxylic acids is 1. The lowest BCUT2D eigenvalue weighted by Crippen LogP contribution is -2.60. The zero-order valence-electron chi connectivity index (χ0n) is 12.5. The number of carbonyl (C=O) groups is 2. The van der Waals surface area contributed by atoms with Crippen molar-refractivity contribution < 1.29 is 24.2 Å². The molecule has 1 unspecified atom stereocenters. The molecule has 0 aliphatic carbocycles. The Morgan fingerprint density at radius 1 is 1.33 bits per heavy atom. The minimum atomic E-state index is -1.00. The van der Waals surface area contributed by atoms with Crippen LogP contribution in [0.2, 0.25) is 0 Å². The number of carbonyl (C=O) groups excluding carboxylic acids is 2. The summed E-state index contributed by atoms with van der Waals surface area (Å²) in [5.41, 5.74) is -0.353. The van der Waals surface area contributed by atoms with Gasteiger partial charge in [-0.1, -0.05) is 0 Å². The molecule has 2 heterocycles. The topological polar surface area (TPSA) is 87.2 Å². The van der Waals surface area contributed by atoms with Crippen LogP contribution >= 0.6 is 0 Å². The molecule has 0 aromatic carbocycles. The molecule has 116 valence electrons. The van der Waals surface area contributed by atoms with Gasteiger partial charge in [0.05, 0.1) is 6.04 Å². The summed E-state index contributed by atoms with van der Waals surface area (Å²) in [6.45, 7) is 6.78. The fourth-order valence-electron chi connectivity index (χ4n) is 2.60. The number of rotatable bonds is 2. The van der Waals surface area contributed by atoms with E-state index in [1.54, 1.807) is 36.5 Å². The van der Waals surface area contributed by atoms with E-state index in [2.05, 4.69) is 0 Å². The highest BCUT2D eigenvalue weighted by Crippen LogP contribution is 2.31. The summed E-state index contributed by atoms with van der Waals surface area (Å²) in [4.78, 5) is 37.2. The van der Waals surface area contributed by atoms with Gasteiger partial charge in [0.2, 0.25) is 0 Å². The predicted molar refractivity (Wildman–Crippen MR) is 73.3 cm³/mol. The van der Waals surface area contributed by atoms with E-state index in [0.717, 1.165) is 0 Å². The lowest BCUT2D eigenvalue weighted by Gasteiger charge is -2.44. The third-order valence-electron chi connectivity index (χ3n) is 3.66. The van der Waals surface area contributed by atoms with Crippen molar-refractivity contribution in [2.75, 3.05) is 19.6 Å². The molecule has 0 radical (unpaired) electrons. The maximum absolute atomic E-state index is 11.8. The molecule has 1 amide bonds. The van der Waals surface area contributed by atoms with Gasteiger partial charge in [-0.3, -0.25) is 4.79 Å². The number of hydrogen-bond donors (Lipinski definition) is 1. The fourth-order valence-corrected chi connectivity index (χ4v) is 2.60. The second-order valence-electron chi connectivity index (χ2n) is 6.40. The van der Waals surface area contributed by atoms with Crippen LogP contribution in [0.25, 0.3) is 0 Å². The van der Waals surface area contributed by atoms with Gasteiger partial charge in [0, 0.05) is 19.6 Å². The summed E-state index contributed by atoms with van der Waals surface area (Å²) in [5, 5.41) is 9.06. The van der Waals surface area contributed by atoms with Crippen molar-refractivity contribution in [2.45, 2.75) is 38.8 Å². The summed E-state index contributed by atoms with van der Waals surface area (Å²) >= 11 is 0. The van der Waals surface area contributed by atoms with E-state index < -0.39 is 17.5 Å². The van der Waals surface area contributed by atoms with Crippen LogP contribution in [-0.2, 0) is 14.3 Å². The molecule has 1 N–H and O–H groups in total. The van der Waals surface area contributed by atoms with Crippen molar-refractivity contribution in [2.24, 2.45) is 5.92 Å². The molecule has 2 rings (SSSR count). The van der Waals surface area contributed by atoms with Crippen molar-refractivity contribution in [1.29, 1.82) is 0 Å². The summed E-state index contributed by atoms with van der Waals surface area (Å²) < 4.78 is 5.26. The summed E-state index contributed by atoms with van der Waals surface area (Å²) in [7, 11) is 0. The number of likely N-dealkylation sites (tertiary alicyclic amines) is 2. The Bertz CT molecular complexity index is 498. The minimum Gasteiger partial charge on any atom is -0.481 e. The Morgan fingerprint density at radius 3 is 2.43 bits per heavy atom. The molecule has 1 atom stereocenters. The largest absolute Gasteiger partial charge is 0.481 e. The Labute approximate surface area is 123 Å².